The quantitative estimate of drug-likeness (QED) is 0.633. The van der Waals surface area contributed by atoms with Gasteiger partial charge in [0, 0.05) is 12.1 Å². The maximum Gasteiger partial charge on any atom is 0.416 e. The Bertz CT molecular complexity index is 480. The average Bonchev–Trinajstić information content (AvgIpc) is 2.35. The summed E-state index contributed by atoms with van der Waals surface area (Å²) in [6.45, 7) is 1.83. The van der Waals surface area contributed by atoms with Crippen molar-refractivity contribution in [3.05, 3.63) is 33.9 Å². The molecule has 0 heterocycles. The summed E-state index contributed by atoms with van der Waals surface area (Å²) < 4.78 is 37.6. The third-order valence-electron chi connectivity index (χ3n) is 2.68. The third kappa shape index (κ3) is 4.59. The zero-order valence-corrected chi connectivity index (χ0v) is 11.8. The van der Waals surface area contributed by atoms with Crippen LogP contribution in [-0.2, 0) is 6.18 Å². The van der Waals surface area contributed by atoms with E-state index in [0.29, 0.717) is 6.07 Å². The van der Waals surface area contributed by atoms with E-state index in [1.165, 1.54) is 0 Å². The molecule has 1 rings (SSSR count). The van der Waals surface area contributed by atoms with Crippen LogP contribution in [0.4, 0.5) is 24.5 Å². The fourth-order valence-corrected chi connectivity index (χ4v) is 2.20. The lowest BCUT2D eigenvalue weighted by Gasteiger charge is -2.15. The highest BCUT2D eigenvalue weighted by molar-refractivity contribution is 7.98. The Kier molecular flexibility index (Phi) is 5.67. The second-order valence-corrected chi connectivity index (χ2v) is 5.30. The van der Waals surface area contributed by atoms with Crippen LogP contribution in [0.2, 0.25) is 0 Å². The van der Waals surface area contributed by atoms with Crippen molar-refractivity contribution >= 4 is 23.1 Å². The highest BCUT2D eigenvalue weighted by atomic mass is 32.2. The average molecular weight is 308 g/mol. The van der Waals surface area contributed by atoms with Crippen molar-refractivity contribution in [2.45, 2.75) is 25.6 Å². The van der Waals surface area contributed by atoms with Crippen LogP contribution in [0.15, 0.2) is 18.2 Å². The summed E-state index contributed by atoms with van der Waals surface area (Å²) in [5.74, 6) is 0.864. The smallest absolute Gasteiger partial charge is 0.377 e. The molecule has 0 fully saturated rings. The Morgan fingerprint density at radius 2 is 2.10 bits per heavy atom. The Morgan fingerprint density at radius 3 is 2.60 bits per heavy atom. The zero-order valence-electron chi connectivity index (χ0n) is 11.0. The molecule has 0 aliphatic rings. The van der Waals surface area contributed by atoms with Crippen LogP contribution >= 0.6 is 11.8 Å². The SMILES string of the molecule is CSCCC(C)Nc1ccc(C(F)(F)F)cc1[N+](=O)[O-]. The predicted octanol–water partition coefficient (Wildman–Crippen LogP) is 4.17. The van der Waals surface area contributed by atoms with Gasteiger partial charge >= 0.3 is 6.18 Å². The van der Waals surface area contributed by atoms with Gasteiger partial charge in [-0.15, -0.1) is 0 Å². The maximum atomic E-state index is 12.5. The molecular formula is C12H15F3N2O2S. The Hall–Kier alpha value is -1.44. The van der Waals surface area contributed by atoms with Crippen molar-refractivity contribution in [3.8, 4) is 0 Å². The molecule has 1 aromatic rings. The lowest BCUT2D eigenvalue weighted by atomic mass is 10.1. The molecule has 0 spiro atoms. The van der Waals surface area contributed by atoms with Gasteiger partial charge in [0.2, 0.25) is 0 Å². The van der Waals surface area contributed by atoms with Crippen molar-refractivity contribution in [2.24, 2.45) is 0 Å². The summed E-state index contributed by atoms with van der Waals surface area (Å²) in [7, 11) is 0. The second kappa shape index (κ2) is 6.83. The van der Waals surface area contributed by atoms with Gasteiger partial charge in [-0.1, -0.05) is 0 Å². The van der Waals surface area contributed by atoms with Crippen molar-refractivity contribution < 1.29 is 18.1 Å². The minimum atomic E-state index is -4.59. The number of nitro benzene ring substituents is 1. The van der Waals surface area contributed by atoms with Crippen molar-refractivity contribution in [3.63, 3.8) is 0 Å². The van der Waals surface area contributed by atoms with Crippen LogP contribution in [0, 0.1) is 10.1 Å². The molecule has 0 aromatic heterocycles. The summed E-state index contributed by atoms with van der Waals surface area (Å²) in [6.07, 6.45) is -1.89. The number of nitro groups is 1. The van der Waals surface area contributed by atoms with E-state index in [2.05, 4.69) is 5.32 Å². The second-order valence-electron chi connectivity index (χ2n) is 4.31. The number of hydrogen-bond donors (Lipinski definition) is 1. The molecule has 4 nitrogen and oxygen atoms in total. The minimum absolute atomic E-state index is 0.0575. The number of halogens is 3. The van der Waals surface area contributed by atoms with Gasteiger partial charge in [-0.25, -0.2) is 0 Å². The van der Waals surface area contributed by atoms with E-state index in [-0.39, 0.29) is 11.7 Å². The number of nitrogens with zero attached hydrogens (tertiary/aromatic N) is 1. The largest absolute Gasteiger partial charge is 0.416 e. The van der Waals surface area contributed by atoms with Gasteiger partial charge in [-0.05, 0) is 37.5 Å². The van der Waals surface area contributed by atoms with Crippen molar-refractivity contribution in [2.75, 3.05) is 17.3 Å². The number of anilines is 1. The maximum absolute atomic E-state index is 12.5. The first-order chi connectivity index (χ1) is 9.25. The van der Waals surface area contributed by atoms with Gasteiger partial charge in [-0.2, -0.15) is 24.9 Å². The van der Waals surface area contributed by atoms with Crippen molar-refractivity contribution in [1.29, 1.82) is 0 Å². The van der Waals surface area contributed by atoms with Gasteiger partial charge < -0.3 is 5.32 Å². The summed E-state index contributed by atoms with van der Waals surface area (Å²) in [4.78, 5) is 10.1. The molecule has 1 unspecified atom stereocenters. The normalized spacial score (nSPS) is 13.1. The van der Waals surface area contributed by atoms with E-state index >= 15 is 0 Å². The summed E-state index contributed by atoms with van der Waals surface area (Å²) in [6, 6.07) is 2.45. The summed E-state index contributed by atoms with van der Waals surface area (Å²) in [5.41, 5.74) is -1.47. The van der Waals surface area contributed by atoms with Crippen LogP contribution < -0.4 is 5.32 Å². The highest BCUT2D eigenvalue weighted by Gasteiger charge is 2.33. The molecule has 112 valence electrons. The monoisotopic (exact) mass is 308 g/mol. The third-order valence-corrected chi connectivity index (χ3v) is 3.32. The van der Waals surface area contributed by atoms with Gasteiger partial charge in [0.1, 0.15) is 5.69 Å². The Morgan fingerprint density at radius 1 is 1.45 bits per heavy atom. The molecule has 0 saturated carbocycles. The molecule has 0 amide bonds. The van der Waals surface area contributed by atoms with Crippen LogP contribution in [0.5, 0.6) is 0 Å². The van der Waals surface area contributed by atoms with Gasteiger partial charge in [-0.3, -0.25) is 10.1 Å². The molecule has 0 aliphatic heterocycles. The molecule has 0 bridgehead atoms. The van der Waals surface area contributed by atoms with E-state index in [1.807, 2.05) is 13.2 Å². The number of hydrogen-bond acceptors (Lipinski definition) is 4. The van der Waals surface area contributed by atoms with E-state index in [0.717, 1.165) is 24.3 Å². The first kappa shape index (κ1) is 16.6. The zero-order chi connectivity index (χ0) is 15.3. The first-order valence-electron chi connectivity index (χ1n) is 5.86. The number of benzene rings is 1. The standard InChI is InChI=1S/C12H15F3N2O2S/c1-8(5-6-20-2)16-10-4-3-9(12(13,14)15)7-11(10)17(18)19/h3-4,7-8,16H,5-6H2,1-2H3. The Labute approximate surface area is 118 Å². The highest BCUT2D eigenvalue weighted by Crippen LogP contribution is 2.35. The molecule has 1 N–H and O–H groups in total. The number of alkyl halides is 3. The van der Waals surface area contributed by atoms with Crippen LogP contribution in [0.25, 0.3) is 0 Å². The number of rotatable bonds is 6. The molecule has 0 aliphatic carbocycles. The molecule has 1 aromatic carbocycles. The van der Waals surface area contributed by atoms with Crippen LogP contribution in [0.3, 0.4) is 0 Å². The molecular weight excluding hydrogens is 293 g/mol. The topological polar surface area (TPSA) is 55.2 Å². The molecule has 1 atom stereocenters. The molecule has 8 heteroatoms. The molecule has 0 radical (unpaired) electrons. The fourth-order valence-electron chi connectivity index (χ4n) is 1.61. The lowest BCUT2D eigenvalue weighted by Crippen LogP contribution is -2.17. The van der Waals surface area contributed by atoms with Gasteiger partial charge in [0.25, 0.3) is 5.69 Å². The number of thioether (sulfide) groups is 1. The fraction of sp³-hybridized carbons (Fsp3) is 0.500. The summed E-state index contributed by atoms with van der Waals surface area (Å²) >= 11 is 1.63. The lowest BCUT2D eigenvalue weighted by molar-refractivity contribution is -0.384. The van der Waals surface area contributed by atoms with E-state index < -0.39 is 22.4 Å². The number of nitrogens with one attached hydrogen (secondary N) is 1. The predicted molar refractivity (Wildman–Crippen MR) is 74.2 cm³/mol. The van der Waals surface area contributed by atoms with E-state index in [1.54, 1.807) is 11.8 Å². The van der Waals surface area contributed by atoms with Crippen LogP contribution in [0.1, 0.15) is 18.9 Å². The summed E-state index contributed by atoms with van der Waals surface area (Å²) in [5, 5.41) is 13.8. The van der Waals surface area contributed by atoms with Gasteiger partial charge in [0.05, 0.1) is 10.5 Å². The van der Waals surface area contributed by atoms with E-state index in [4.69, 9.17) is 0 Å². The van der Waals surface area contributed by atoms with Crippen LogP contribution in [-0.4, -0.2) is 23.0 Å². The first-order valence-corrected chi connectivity index (χ1v) is 7.26. The Balaban J connectivity index is 2.99. The van der Waals surface area contributed by atoms with Crippen molar-refractivity contribution in [1.82, 2.24) is 0 Å². The minimum Gasteiger partial charge on any atom is -0.377 e. The van der Waals surface area contributed by atoms with Gasteiger partial charge in [0.15, 0.2) is 0 Å². The molecule has 0 saturated heterocycles. The molecule has 20 heavy (non-hydrogen) atoms. The van der Waals surface area contributed by atoms with E-state index in [9.17, 15) is 23.3 Å².